The molecule has 0 saturated heterocycles. The SMILES string of the molecule is CSCCC(C)NC1CCOc2ccccc21. The number of benzene rings is 1. The lowest BCUT2D eigenvalue weighted by atomic mass is 9.99. The molecule has 1 aliphatic heterocycles. The van der Waals surface area contributed by atoms with Crippen LogP contribution in [0.15, 0.2) is 24.3 Å². The third-order valence-corrected chi connectivity index (χ3v) is 3.84. The van der Waals surface area contributed by atoms with E-state index in [-0.39, 0.29) is 0 Å². The molecule has 0 spiro atoms. The van der Waals surface area contributed by atoms with Gasteiger partial charge in [-0.25, -0.2) is 0 Å². The Morgan fingerprint density at radius 1 is 1.47 bits per heavy atom. The molecular formula is C14H21NOS. The van der Waals surface area contributed by atoms with Crippen LogP contribution < -0.4 is 10.1 Å². The van der Waals surface area contributed by atoms with Crippen molar-refractivity contribution in [2.45, 2.75) is 31.8 Å². The molecule has 1 aromatic rings. The molecule has 17 heavy (non-hydrogen) atoms. The minimum Gasteiger partial charge on any atom is -0.493 e. The van der Waals surface area contributed by atoms with Crippen molar-refractivity contribution < 1.29 is 4.74 Å². The number of hydrogen-bond acceptors (Lipinski definition) is 3. The van der Waals surface area contributed by atoms with E-state index < -0.39 is 0 Å². The molecular weight excluding hydrogens is 230 g/mol. The van der Waals surface area contributed by atoms with Crippen LogP contribution in [0, 0.1) is 0 Å². The van der Waals surface area contributed by atoms with E-state index in [0.717, 1.165) is 18.8 Å². The zero-order valence-corrected chi connectivity index (χ0v) is 11.4. The van der Waals surface area contributed by atoms with Crippen molar-refractivity contribution in [1.82, 2.24) is 5.32 Å². The highest BCUT2D eigenvalue weighted by atomic mass is 32.2. The van der Waals surface area contributed by atoms with Crippen LogP contribution in [-0.2, 0) is 0 Å². The summed E-state index contributed by atoms with van der Waals surface area (Å²) in [4.78, 5) is 0. The van der Waals surface area contributed by atoms with Crippen molar-refractivity contribution >= 4 is 11.8 Å². The predicted octanol–water partition coefficient (Wildman–Crippen LogP) is 3.24. The molecule has 2 nitrogen and oxygen atoms in total. The van der Waals surface area contributed by atoms with Crippen LogP contribution in [0.2, 0.25) is 0 Å². The monoisotopic (exact) mass is 251 g/mol. The normalized spacial score (nSPS) is 20.5. The van der Waals surface area contributed by atoms with Crippen molar-refractivity contribution in [3.05, 3.63) is 29.8 Å². The number of fused-ring (bicyclic) bond motifs is 1. The van der Waals surface area contributed by atoms with E-state index in [4.69, 9.17) is 4.74 Å². The van der Waals surface area contributed by atoms with E-state index in [9.17, 15) is 0 Å². The summed E-state index contributed by atoms with van der Waals surface area (Å²) in [6.07, 6.45) is 4.46. The fraction of sp³-hybridized carbons (Fsp3) is 0.571. The molecule has 2 atom stereocenters. The molecule has 0 aliphatic carbocycles. The highest BCUT2D eigenvalue weighted by Gasteiger charge is 2.21. The van der Waals surface area contributed by atoms with Crippen LogP contribution in [0.5, 0.6) is 5.75 Å². The number of rotatable bonds is 5. The van der Waals surface area contributed by atoms with Gasteiger partial charge in [-0.15, -0.1) is 0 Å². The number of para-hydroxylation sites is 1. The molecule has 0 fully saturated rings. The molecule has 0 aromatic heterocycles. The lowest BCUT2D eigenvalue weighted by Gasteiger charge is -2.29. The molecule has 94 valence electrons. The first-order chi connectivity index (χ1) is 8.31. The average molecular weight is 251 g/mol. The maximum Gasteiger partial charge on any atom is 0.124 e. The van der Waals surface area contributed by atoms with E-state index >= 15 is 0 Å². The van der Waals surface area contributed by atoms with Gasteiger partial charge in [-0.3, -0.25) is 0 Å². The first kappa shape index (κ1) is 12.8. The summed E-state index contributed by atoms with van der Waals surface area (Å²) in [6, 6.07) is 9.39. The second-order valence-electron chi connectivity index (χ2n) is 4.58. The first-order valence-electron chi connectivity index (χ1n) is 6.28. The van der Waals surface area contributed by atoms with E-state index in [1.807, 2.05) is 17.8 Å². The Kier molecular flexibility index (Phi) is 4.75. The van der Waals surface area contributed by atoms with Gasteiger partial charge in [-0.2, -0.15) is 11.8 Å². The Morgan fingerprint density at radius 3 is 3.12 bits per heavy atom. The molecule has 0 bridgehead atoms. The van der Waals surface area contributed by atoms with Crippen molar-refractivity contribution in [2.75, 3.05) is 18.6 Å². The molecule has 1 N–H and O–H groups in total. The fourth-order valence-electron chi connectivity index (χ4n) is 2.24. The highest BCUT2D eigenvalue weighted by molar-refractivity contribution is 7.98. The van der Waals surface area contributed by atoms with Gasteiger partial charge in [0.15, 0.2) is 0 Å². The molecule has 1 aromatic carbocycles. The van der Waals surface area contributed by atoms with Gasteiger partial charge >= 0.3 is 0 Å². The summed E-state index contributed by atoms with van der Waals surface area (Å²) in [6.45, 7) is 3.10. The summed E-state index contributed by atoms with van der Waals surface area (Å²) < 4.78 is 5.67. The van der Waals surface area contributed by atoms with Crippen LogP contribution in [0.4, 0.5) is 0 Å². The van der Waals surface area contributed by atoms with E-state index in [1.165, 1.54) is 17.7 Å². The standard InChI is InChI=1S/C14H21NOS/c1-11(8-10-17-2)15-13-7-9-16-14-6-4-3-5-12(13)14/h3-6,11,13,15H,7-10H2,1-2H3. The minimum atomic E-state index is 0.455. The van der Waals surface area contributed by atoms with Crippen molar-refractivity contribution in [3.8, 4) is 5.75 Å². The Bertz CT molecular complexity index is 356. The van der Waals surface area contributed by atoms with Crippen molar-refractivity contribution in [3.63, 3.8) is 0 Å². The van der Waals surface area contributed by atoms with Crippen LogP contribution >= 0.6 is 11.8 Å². The Balaban J connectivity index is 1.98. The second kappa shape index (κ2) is 6.31. The largest absolute Gasteiger partial charge is 0.493 e. The average Bonchev–Trinajstić information content (AvgIpc) is 2.37. The fourth-order valence-corrected chi connectivity index (χ4v) is 2.83. The molecule has 2 unspecified atom stereocenters. The predicted molar refractivity (Wildman–Crippen MR) is 74.9 cm³/mol. The van der Waals surface area contributed by atoms with E-state index in [0.29, 0.717) is 12.1 Å². The molecule has 1 aliphatic rings. The molecule has 2 rings (SSSR count). The third kappa shape index (κ3) is 3.39. The summed E-state index contributed by atoms with van der Waals surface area (Å²) in [5.41, 5.74) is 1.31. The molecule has 0 radical (unpaired) electrons. The van der Waals surface area contributed by atoms with Gasteiger partial charge in [-0.1, -0.05) is 18.2 Å². The lowest BCUT2D eigenvalue weighted by molar-refractivity contribution is 0.245. The Morgan fingerprint density at radius 2 is 2.29 bits per heavy atom. The van der Waals surface area contributed by atoms with Gasteiger partial charge < -0.3 is 10.1 Å². The van der Waals surface area contributed by atoms with Gasteiger partial charge in [0, 0.05) is 24.1 Å². The quantitative estimate of drug-likeness (QED) is 0.868. The zero-order chi connectivity index (χ0) is 12.1. The van der Waals surface area contributed by atoms with Gasteiger partial charge in [0.1, 0.15) is 5.75 Å². The summed E-state index contributed by atoms with van der Waals surface area (Å²) in [5.74, 6) is 2.27. The summed E-state index contributed by atoms with van der Waals surface area (Å²) in [7, 11) is 0. The van der Waals surface area contributed by atoms with Crippen LogP contribution in [-0.4, -0.2) is 24.7 Å². The van der Waals surface area contributed by atoms with Crippen LogP contribution in [0.3, 0.4) is 0 Å². The highest BCUT2D eigenvalue weighted by Crippen LogP contribution is 2.31. The zero-order valence-electron chi connectivity index (χ0n) is 10.6. The van der Waals surface area contributed by atoms with E-state index in [1.54, 1.807) is 0 Å². The smallest absolute Gasteiger partial charge is 0.124 e. The number of thioether (sulfide) groups is 1. The maximum atomic E-state index is 5.67. The van der Waals surface area contributed by atoms with Crippen LogP contribution in [0.1, 0.15) is 31.4 Å². The first-order valence-corrected chi connectivity index (χ1v) is 7.67. The summed E-state index contributed by atoms with van der Waals surface area (Å²) >= 11 is 1.91. The van der Waals surface area contributed by atoms with Gasteiger partial charge in [-0.05, 0) is 31.4 Å². The van der Waals surface area contributed by atoms with Gasteiger partial charge in [0.25, 0.3) is 0 Å². The third-order valence-electron chi connectivity index (χ3n) is 3.20. The lowest BCUT2D eigenvalue weighted by Crippen LogP contribution is -2.34. The molecule has 0 saturated carbocycles. The Labute approximate surface area is 108 Å². The molecule has 0 amide bonds. The van der Waals surface area contributed by atoms with Crippen molar-refractivity contribution in [2.24, 2.45) is 0 Å². The van der Waals surface area contributed by atoms with Gasteiger partial charge in [0.2, 0.25) is 0 Å². The number of hydrogen-bond donors (Lipinski definition) is 1. The van der Waals surface area contributed by atoms with E-state index in [2.05, 4.69) is 36.7 Å². The summed E-state index contributed by atoms with van der Waals surface area (Å²) in [5, 5.41) is 3.72. The molecule has 3 heteroatoms. The minimum absolute atomic E-state index is 0.455. The molecule has 1 heterocycles. The second-order valence-corrected chi connectivity index (χ2v) is 5.56. The van der Waals surface area contributed by atoms with Gasteiger partial charge in [0.05, 0.1) is 6.61 Å². The number of ether oxygens (including phenoxy) is 1. The van der Waals surface area contributed by atoms with Crippen molar-refractivity contribution in [1.29, 1.82) is 0 Å². The maximum absolute atomic E-state index is 5.67. The van der Waals surface area contributed by atoms with Crippen LogP contribution in [0.25, 0.3) is 0 Å². The Hall–Kier alpha value is -0.670. The number of nitrogens with one attached hydrogen (secondary N) is 1. The topological polar surface area (TPSA) is 21.3 Å².